The van der Waals surface area contributed by atoms with Crippen LogP contribution in [0.2, 0.25) is 0 Å². The molecule has 1 aromatic heterocycles. The van der Waals surface area contributed by atoms with Crippen LogP contribution in [0.5, 0.6) is 11.5 Å². The molecule has 1 aliphatic rings. The molecule has 31 heavy (non-hydrogen) atoms. The van der Waals surface area contributed by atoms with Crippen molar-refractivity contribution in [2.24, 2.45) is 0 Å². The SMILES string of the molecule is Cc1ccc(S(=O)(=O)n2c(C(=O)/C(C#N)=C/N(C)C)cc3cc4c(cc32)OCO4)cc1. The fraction of sp³-hybridized carbons (Fsp3) is 0.182. The highest BCUT2D eigenvalue weighted by Gasteiger charge is 2.30. The van der Waals surface area contributed by atoms with Gasteiger partial charge in [0, 0.05) is 31.7 Å². The molecule has 0 atom stereocenters. The number of carbonyl (C=O) groups excluding carboxylic acids is 1. The number of nitrogens with zero attached hydrogens (tertiary/aromatic N) is 3. The van der Waals surface area contributed by atoms with Gasteiger partial charge in [0.2, 0.25) is 12.6 Å². The van der Waals surface area contributed by atoms with Gasteiger partial charge in [-0.1, -0.05) is 17.7 Å². The van der Waals surface area contributed by atoms with E-state index in [-0.39, 0.29) is 28.5 Å². The van der Waals surface area contributed by atoms with Crippen molar-refractivity contribution in [3.63, 3.8) is 0 Å². The van der Waals surface area contributed by atoms with Crippen LogP contribution < -0.4 is 9.47 Å². The highest BCUT2D eigenvalue weighted by atomic mass is 32.2. The lowest BCUT2D eigenvalue weighted by molar-refractivity contribution is 0.103. The monoisotopic (exact) mass is 437 g/mol. The smallest absolute Gasteiger partial charge is 0.268 e. The first-order chi connectivity index (χ1) is 14.7. The number of aryl methyl sites for hydroxylation is 1. The highest BCUT2D eigenvalue weighted by Crippen LogP contribution is 2.38. The number of ketones is 1. The Hall–Kier alpha value is -3.77. The second-order valence-electron chi connectivity index (χ2n) is 7.32. The van der Waals surface area contributed by atoms with E-state index in [9.17, 15) is 18.5 Å². The average molecular weight is 437 g/mol. The molecule has 9 heteroatoms. The molecule has 0 amide bonds. The van der Waals surface area contributed by atoms with Crippen LogP contribution in [-0.2, 0) is 10.0 Å². The van der Waals surface area contributed by atoms with Gasteiger partial charge in [0.1, 0.15) is 17.3 Å². The zero-order valence-corrected chi connectivity index (χ0v) is 17.9. The minimum atomic E-state index is -4.15. The summed E-state index contributed by atoms with van der Waals surface area (Å²) < 4.78 is 39.0. The summed E-state index contributed by atoms with van der Waals surface area (Å²) in [5, 5.41) is 9.97. The largest absolute Gasteiger partial charge is 0.454 e. The molecule has 0 aliphatic carbocycles. The molecule has 0 fully saturated rings. The maximum atomic E-state index is 13.6. The van der Waals surface area contributed by atoms with E-state index < -0.39 is 15.8 Å². The Balaban J connectivity index is 2.02. The molecule has 2 heterocycles. The van der Waals surface area contributed by atoms with Crippen molar-refractivity contribution in [2.45, 2.75) is 11.8 Å². The van der Waals surface area contributed by atoms with Crippen LogP contribution in [0, 0.1) is 18.3 Å². The van der Waals surface area contributed by atoms with Gasteiger partial charge in [0.05, 0.1) is 10.4 Å². The van der Waals surface area contributed by atoms with E-state index in [1.54, 1.807) is 37.2 Å². The molecule has 0 radical (unpaired) electrons. The van der Waals surface area contributed by atoms with E-state index in [2.05, 4.69) is 0 Å². The van der Waals surface area contributed by atoms with Gasteiger partial charge in [-0.05, 0) is 31.2 Å². The van der Waals surface area contributed by atoms with Crippen molar-refractivity contribution in [1.29, 1.82) is 5.26 Å². The fourth-order valence-electron chi connectivity index (χ4n) is 3.34. The average Bonchev–Trinajstić information content (AvgIpc) is 3.33. The zero-order chi connectivity index (χ0) is 22.3. The molecule has 0 spiro atoms. The number of allylic oxidation sites excluding steroid dienone is 1. The minimum absolute atomic E-state index is 0.0254. The van der Waals surface area contributed by atoms with Gasteiger partial charge in [-0.3, -0.25) is 4.79 Å². The summed E-state index contributed by atoms with van der Waals surface area (Å²) in [5.41, 5.74) is 0.828. The molecular weight excluding hydrogens is 418 g/mol. The van der Waals surface area contributed by atoms with E-state index in [1.165, 1.54) is 30.5 Å². The molecule has 1 aliphatic heterocycles. The van der Waals surface area contributed by atoms with Gasteiger partial charge in [-0.2, -0.15) is 5.26 Å². The normalized spacial score (nSPS) is 13.3. The van der Waals surface area contributed by atoms with Crippen LogP contribution in [0.15, 0.2) is 59.1 Å². The highest BCUT2D eigenvalue weighted by molar-refractivity contribution is 7.90. The molecule has 0 saturated heterocycles. The Morgan fingerprint density at radius 3 is 2.39 bits per heavy atom. The summed E-state index contributed by atoms with van der Waals surface area (Å²) in [4.78, 5) is 14.8. The molecule has 2 aromatic carbocycles. The van der Waals surface area contributed by atoms with Crippen molar-refractivity contribution < 1.29 is 22.7 Å². The Kier molecular flexibility index (Phi) is 4.95. The predicted octanol–water partition coefficient (Wildman–Crippen LogP) is 3.07. The summed E-state index contributed by atoms with van der Waals surface area (Å²) in [6.45, 7) is 1.88. The van der Waals surface area contributed by atoms with Crippen LogP contribution in [0.1, 0.15) is 16.1 Å². The number of nitriles is 1. The molecule has 0 saturated carbocycles. The topological polar surface area (TPSA) is 102 Å². The fourth-order valence-corrected chi connectivity index (χ4v) is 4.84. The number of Topliss-reactive ketones (excluding diaryl/α,β-unsaturated/α-hetero) is 1. The third-order valence-corrected chi connectivity index (χ3v) is 6.54. The van der Waals surface area contributed by atoms with Gasteiger partial charge in [-0.25, -0.2) is 12.4 Å². The molecule has 4 rings (SSSR count). The Morgan fingerprint density at radius 2 is 1.77 bits per heavy atom. The van der Waals surface area contributed by atoms with Crippen molar-refractivity contribution >= 4 is 26.7 Å². The Bertz CT molecular complexity index is 1380. The maximum Gasteiger partial charge on any atom is 0.268 e. The lowest BCUT2D eigenvalue weighted by Gasteiger charge is -2.12. The third kappa shape index (κ3) is 3.51. The van der Waals surface area contributed by atoms with Crippen LogP contribution >= 0.6 is 0 Å². The quantitative estimate of drug-likeness (QED) is 0.343. The molecule has 3 aromatic rings. The Morgan fingerprint density at radius 1 is 1.13 bits per heavy atom. The zero-order valence-electron chi connectivity index (χ0n) is 17.1. The standard InChI is InChI=1S/C22H19N3O5S/c1-14-4-6-17(7-5-14)31(27,28)25-18-10-21-20(29-13-30-21)9-15(18)8-19(25)22(26)16(11-23)12-24(2)3/h4-10,12H,13H2,1-3H3/b16-12+. The van der Waals surface area contributed by atoms with Gasteiger partial charge in [0.15, 0.2) is 11.5 Å². The van der Waals surface area contributed by atoms with Crippen LogP contribution in [0.3, 0.4) is 0 Å². The van der Waals surface area contributed by atoms with Gasteiger partial charge < -0.3 is 14.4 Å². The molecule has 158 valence electrons. The number of ether oxygens (including phenoxy) is 2. The number of aromatic nitrogens is 1. The summed E-state index contributed by atoms with van der Waals surface area (Å²) in [7, 11) is -0.815. The summed E-state index contributed by atoms with van der Waals surface area (Å²) in [5.74, 6) is 0.139. The molecule has 0 bridgehead atoms. The molecule has 8 nitrogen and oxygen atoms in total. The van der Waals surface area contributed by atoms with E-state index in [1.807, 2.05) is 13.0 Å². The third-order valence-electron chi connectivity index (χ3n) is 4.80. The van der Waals surface area contributed by atoms with Crippen molar-refractivity contribution in [3.05, 3.63) is 65.5 Å². The Labute approximate surface area is 179 Å². The van der Waals surface area contributed by atoms with E-state index in [0.29, 0.717) is 16.9 Å². The first-order valence-corrected chi connectivity index (χ1v) is 10.8. The lowest BCUT2D eigenvalue weighted by atomic mass is 10.1. The second-order valence-corrected chi connectivity index (χ2v) is 9.11. The van der Waals surface area contributed by atoms with Crippen LogP contribution in [0.4, 0.5) is 0 Å². The second kappa shape index (κ2) is 7.49. The van der Waals surface area contributed by atoms with Crippen molar-refractivity contribution in [3.8, 4) is 17.6 Å². The molecule has 0 N–H and O–H groups in total. The number of carbonyl (C=O) groups is 1. The number of fused-ring (bicyclic) bond motifs is 2. The van der Waals surface area contributed by atoms with Crippen molar-refractivity contribution in [1.82, 2.24) is 8.87 Å². The van der Waals surface area contributed by atoms with E-state index in [0.717, 1.165) is 9.54 Å². The van der Waals surface area contributed by atoms with Gasteiger partial charge >= 0.3 is 0 Å². The summed E-state index contributed by atoms with van der Waals surface area (Å²) >= 11 is 0. The number of benzene rings is 2. The molecule has 0 unspecified atom stereocenters. The minimum Gasteiger partial charge on any atom is -0.454 e. The van der Waals surface area contributed by atoms with Crippen LogP contribution in [0.25, 0.3) is 10.9 Å². The number of hydrogen-bond acceptors (Lipinski definition) is 7. The predicted molar refractivity (Wildman–Crippen MR) is 114 cm³/mol. The first-order valence-electron chi connectivity index (χ1n) is 9.33. The van der Waals surface area contributed by atoms with E-state index in [4.69, 9.17) is 9.47 Å². The molecular formula is C22H19N3O5S. The van der Waals surface area contributed by atoms with Crippen LogP contribution in [-0.4, -0.2) is 44.0 Å². The first kappa shape index (κ1) is 20.5. The summed E-state index contributed by atoms with van der Waals surface area (Å²) in [6, 6.07) is 12.8. The lowest BCUT2D eigenvalue weighted by Crippen LogP contribution is -2.20. The van der Waals surface area contributed by atoms with Gasteiger partial charge in [-0.15, -0.1) is 0 Å². The van der Waals surface area contributed by atoms with Gasteiger partial charge in [0.25, 0.3) is 10.0 Å². The van der Waals surface area contributed by atoms with E-state index >= 15 is 0 Å². The summed E-state index contributed by atoms with van der Waals surface area (Å²) in [6.07, 6.45) is 1.36. The number of hydrogen-bond donors (Lipinski definition) is 0. The maximum absolute atomic E-state index is 13.6. The number of rotatable bonds is 5. The van der Waals surface area contributed by atoms with Crippen molar-refractivity contribution in [2.75, 3.05) is 20.9 Å².